The molecule has 0 aliphatic heterocycles. The predicted octanol–water partition coefficient (Wildman–Crippen LogP) is 4.11. The molecule has 0 aliphatic rings. The van der Waals surface area contributed by atoms with Gasteiger partial charge in [-0.3, -0.25) is 4.79 Å². The summed E-state index contributed by atoms with van der Waals surface area (Å²) in [4.78, 5) is 27.2. The Morgan fingerprint density at radius 3 is 2.64 bits per heavy atom. The molecular weight excluding hydrogens is 360 g/mol. The molecule has 0 aliphatic carbocycles. The number of hydrogen-bond acceptors (Lipinski definition) is 5. The second-order valence-corrected chi connectivity index (χ2v) is 6.27. The molecule has 2 heterocycles. The first-order valence-corrected chi connectivity index (χ1v) is 8.71. The maximum atomic E-state index is 12.5. The summed E-state index contributed by atoms with van der Waals surface area (Å²) in [5.41, 5.74) is 2.08. The van der Waals surface area contributed by atoms with E-state index in [9.17, 15) is 9.59 Å². The molecule has 1 amide bonds. The number of aromatic amines is 1. The Balaban J connectivity index is 1.58. The largest absolute Gasteiger partial charge is 0.495 e. The standard InChI is InChI=1S/C21H18N2O5/c1-12(27-21(25)15-7-5-9-22-15)20(24)23-16-11-18-14(10-19(16)26-2)13-6-3-4-8-17(13)28-18/h3-12,22H,1-2H3,(H,23,24)/t12-/m0/s1. The van der Waals surface area contributed by atoms with Crippen LogP contribution >= 0.6 is 0 Å². The molecule has 28 heavy (non-hydrogen) atoms. The van der Waals surface area contributed by atoms with Gasteiger partial charge in [-0.05, 0) is 31.2 Å². The van der Waals surface area contributed by atoms with Crippen molar-refractivity contribution in [1.29, 1.82) is 0 Å². The van der Waals surface area contributed by atoms with Gasteiger partial charge in [0.15, 0.2) is 6.10 Å². The molecule has 2 N–H and O–H groups in total. The van der Waals surface area contributed by atoms with Crippen molar-refractivity contribution >= 4 is 39.5 Å². The van der Waals surface area contributed by atoms with E-state index in [4.69, 9.17) is 13.9 Å². The molecule has 0 fully saturated rings. The number of amides is 1. The number of fused-ring (bicyclic) bond motifs is 3. The van der Waals surface area contributed by atoms with Crippen LogP contribution in [0.25, 0.3) is 21.9 Å². The Hall–Kier alpha value is -3.74. The minimum absolute atomic E-state index is 0.279. The van der Waals surface area contributed by atoms with Crippen molar-refractivity contribution in [3.63, 3.8) is 0 Å². The van der Waals surface area contributed by atoms with Crippen LogP contribution in [0.4, 0.5) is 5.69 Å². The van der Waals surface area contributed by atoms with E-state index in [2.05, 4.69) is 10.3 Å². The van der Waals surface area contributed by atoms with Gasteiger partial charge in [0.2, 0.25) is 0 Å². The normalized spacial score (nSPS) is 12.1. The zero-order valence-electron chi connectivity index (χ0n) is 15.3. The number of methoxy groups -OCH3 is 1. The highest BCUT2D eigenvalue weighted by molar-refractivity contribution is 6.08. The summed E-state index contributed by atoms with van der Waals surface area (Å²) in [6.07, 6.45) is 0.612. The first-order valence-electron chi connectivity index (χ1n) is 8.71. The van der Waals surface area contributed by atoms with Crippen LogP contribution in [-0.2, 0) is 9.53 Å². The average Bonchev–Trinajstić information content (AvgIpc) is 3.35. The Kier molecular flexibility index (Phi) is 4.49. The highest BCUT2D eigenvalue weighted by atomic mass is 16.5. The number of H-pyrrole nitrogens is 1. The van der Waals surface area contributed by atoms with E-state index in [1.54, 1.807) is 24.4 Å². The summed E-state index contributed by atoms with van der Waals surface area (Å²) >= 11 is 0. The van der Waals surface area contributed by atoms with Gasteiger partial charge >= 0.3 is 5.97 Å². The SMILES string of the molecule is COc1cc2c(cc1NC(=O)[C@H](C)OC(=O)c1ccc[nH]1)oc1ccccc12. The maximum absolute atomic E-state index is 12.5. The molecule has 0 bridgehead atoms. The quantitative estimate of drug-likeness (QED) is 0.510. The summed E-state index contributed by atoms with van der Waals surface area (Å²) in [7, 11) is 1.52. The van der Waals surface area contributed by atoms with E-state index in [-0.39, 0.29) is 5.69 Å². The van der Waals surface area contributed by atoms with E-state index in [1.807, 2.05) is 30.3 Å². The fourth-order valence-electron chi connectivity index (χ4n) is 2.99. The number of anilines is 1. The number of carbonyl (C=O) groups excluding carboxylic acids is 2. The van der Waals surface area contributed by atoms with Crippen molar-refractivity contribution in [2.24, 2.45) is 0 Å². The number of ether oxygens (including phenoxy) is 2. The van der Waals surface area contributed by atoms with Crippen LogP contribution < -0.4 is 10.1 Å². The third kappa shape index (κ3) is 3.18. The second-order valence-electron chi connectivity index (χ2n) is 6.27. The molecule has 4 aromatic rings. The highest BCUT2D eigenvalue weighted by Crippen LogP contribution is 2.36. The summed E-state index contributed by atoms with van der Waals surface area (Å²) in [5, 5.41) is 4.58. The van der Waals surface area contributed by atoms with Crippen LogP contribution in [0.5, 0.6) is 5.75 Å². The molecule has 0 saturated heterocycles. The molecule has 2 aromatic heterocycles. The molecule has 0 saturated carbocycles. The number of benzene rings is 2. The monoisotopic (exact) mass is 378 g/mol. The van der Waals surface area contributed by atoms with Crippen molar-refractivity contribution in [3.05, 3.63) is 60.4 Å². The number of furan rings is 1. The first-order chi connectivity index (χ1) is 13.6. The van der Waals surface area contributed by atoms with E-state index < -0.39 is 18.0 Å². The van der Waals surface area contributed by atoms with Gasteiger partial charge in [-0.25, -0.2) is 4.79 Å². The van der Waals surface area contributed by atoms with Crippen LogP contribution in [0.2, 0.25) is 0 Å². The van der Waals surface area contributed by atoms with Crippen LogP contribution in [0.1, 0.15) is 17.4 Å². The van der Waals surface area contributed by atoms with Crippen LogP contribution in [0, 0.1) is 0 Å². The van der Waals surface area contributed by atoms with Gasteiger partial charge in [0, 0.05) is 23.0 Å². The topological polar surface area (TPSA) is 93.6 Å². The Bertz CT molecular complexity index is 1160. The Morgan fingerprint density at radius 1 is 1.07 bits per heavy atom. The molecule has 7 heteroatoms. The second kappa shape index (κ2) is 7.11. The summed E-state index contributed by atoms with van der Waals surface area (Å²) in [5.74, 6) is -0.601. The number of nitrogens with one attached hydrogen (secondary N) is 2. The van der Waals surface area contributed by atoms with E-state index >= 15 is 0 Å². The van der Waals surface area contributed by atoms with Gasteiger partial charge in [0.05, 0.1) is 12.8 Å². The number of aromatic nitrogens is 1. The van der Waals surface area contributed by atoms with Crippen molar-refractivity contribution in [2.45, 2.75) is 13.0 Å². The van der Waals surface area contributed by atoms with E-state index in [0.717, 1.165) is 16.4 Å². The summed E-state index contributed by atoms with van der Waals surface area (Å²) in [6.45, 7) is 1.50. The van der Waals surface area contributed by atoms with Gasteiger partial charge in [0.25, 0.3) is 5.91 Å². The predicted molar refractivity (Wildman–Crippen MR) is 105 cm³/mol. The lowest BCUT2D eigenvalue weighted by Crippen LogP contribution is -2.30. The lowest BCUT2D eigenvalue weighted by Gasteiger charge is -2.15. The van der Waals surface area contributed by atoms with Crippen molar-refractivity contribution < 1.29 is 23.5 Å². The number of carbonyl (C=O) groups is 2. The summed E-state index contributed by atoms with van der Waals surface area (Å²) in [6, 6.07) is 14.4. The molecule has 4 rings (SSSR count). The number of rotatable bonds is 5. The third-order valence-corrected chi connectivity index (χ3v) is 4.43. The minimum atomic E-state index is -0.994. The molecule has 7 nitrogen and oxygen atoms in total. The number of para-hydroxylation sites is 1. The van der Waals surface area contributed by atoms with Crippen molar-refractivity contribution in [3.8, 4) is 5.75 Å². The lowest BCUT2D eigenvalue weighted by atomic mass is 10.1. The van der Waals surface area contributed by atoms with Crippen LogP contribution in [0.3, 0.4) is 0 Å². The van der Waals surface area contributed by atoms with Gasteiger partial charge < -0.3 is 24.2 Å². The first kappa shape index (κ1) is 17.7. The van der Waals surface area contributed by atoms with Gasteiger partial charge in [-0.1, -0.05) is 18.2 Å². The van der Waals surface area contributed by atoms with Crippen molar-refractivity contribution in [2.75, 3.05) is 12.4 Å². The molecule has 0 spiro atoms. The van der Waals surface area contributed by atoms with Gasteiger partial charge in [-0.2, -0.15) is 0 Å². The van der Waals surface area contributed by atoms with E-state index in [0.29, 0.717) is 17.0 Å². The molecule has 142 valence electrons. The van der Waals surface area contributed by atoms with Crippen LogP contribution in [-0.4, -0.2) is 30.1 Å². The molecular formula is C21H18N2O5. The Morgan fingerprint density at radius 2 is 1.89 bits per heavy atom. The maximum Gasteiger partial charge on any atom is 0.355 e. The zero-order chi connectivity index (χ0) is 19.7. The fraction of sp³-hybridized carbons (Fsp3) is 0.143. The fourth-order valence-corrected chi connectivity index (χ4v) is 2.99. The molecule has 2 aromatic carbocycles. The molecule has 0 unspecified atom stereocenters. The van der Waals surface area contributed by atoms with E-state index in [1.165, 1.54) is 14.0 Å². The third-order valence-electron chi connectivity index (χ3n) is 4.43. The number of hydrogen-bond donors (Lipinski definition) is 2. The zero-order valence-corrected chi connectivity index (χ0v) is 15.3. The molecule has 1 atom stereocenters. The van der Waals surface area contributed by atoms with Gasteiger partial charge in [-0.15, -0.1) is 0 Å². The average molecular weight is 378 g/mol. The highest BCUT2D eigenvalue weighted by Gasteiger charge is 2.21. The minimum Gasteiger partial charge on any atom is -0.495 e. The summed E-state index contributed by atoms with van der Waals surface area (Å²) < 4.78 is 16.5. The lowest BCUT2D eigenvalue weighted by molar-refractivity contribution is -0.123. The van der Waals surface area contributed by atoms with Gasteiger partial charge in [0.1, 0.15) is 22.6 Å². The molecule has 0 radical (unpaired) electrons. The van der Waals surface area contributed by atoms with Crippen molar-refractivity contribution in [1.82, 2.24) is 4.98 Å². The number of esters is 1. The Labute approximate surface area is 160 Å². The smallest absolute Gasteiger partial charge is 0.355 e. The van der Waals surface area contributed by atoms with Crippen LogP contribution in [0.15, 0.2) is 59.1 Å².